The lowest BCUT2D eigenvalue weighted by molar-refractivity contribution is -0.138. The molecule has 0 bridgehead atoms. The lowest BCUT2D eigenvalue weighted by Gasteiger charge is -2.25. The molecule has 5 heteroatoms. The Morgan fingerprint density at radius 2 is 1.95 bits per heavy atom. The van der Waals surface area contributed by atoms with Crippen LogP contribution in [0.2, 0.25) is 0 Å². The highest BCUT2D eigenvalue weighted by atomic mass is 16.4. The van der Waals surface area contributed by atoms with Crippen molar-refractivity contribution in [3.63, 3.8) is 0 Å². The summed E-state index contributed by atoms with van der Waals surface area (Å²) in [6.45, 7) is 3.75. The summed E-state index contributed by atoms with van der Waals surface area (Å²) in [6, 6.07) is 7.00. The van der Waals surface area contributed by atoms with Crippen molar-refractivity contribution in [1.82, 2.24) is 4.90 Å². The van der Waals surface area contributed by atoms with E-state index in [9.17, 15) is 9.59 Å². The maximum Gasteiger partial charge on any atom is 0.323 e. The van der Waals surface area contributed by atoms with Gasteiger partial charge in [-0.15, -0.1) is 0 Å². The lowest BCUT2D eigenvalue weighted by Crippen LogP contribution is -2.41. The fraction of sp³-hybridized carbons (Fsp3) is 0.429. The molecule has 5 nitrogen and oxygen atoms in total. The van der Waals surface area contributed by atoms with Crippen molar-refractivity contribution < 1.29 is 14.7 Å². The van der Waals surface area contributed by atoms with E-state index in [1.54, 1.807) is 26.0 Å². The molecule has 104 valence electrons. The van der Waals surface area contributed by atoms with Crippen LogP contribution in [-0.4, -0.2) is 41.0 Å². The van der Waals surface area contributed by atoms with E-state index in [4.69, 9.17) is 10.8 Å². The zero-order valence-corrected chi connectivity index (χ0v) is 11.3. The Balaban J connectivity index is 3.05. The topological polar surface area (TPSA) is 83.6 Å². The average Bonchev–Trinajstić information content (AvgIpc) is 2.36. The number of carbonyl (C=O) groups is 2. The number of aliphatic carboxylic acids is 1. The van der Waals surface area contributed by atoms with Crippen LogP contribution in [0.15, 0.2) is 24.3 Å². The molecule has 0 saturated carbocycles. The Hall–Kier alpha value is -1.88. The first-order valence-electron chi connectivity index (χ1n) is 6.28. The number of carbonyl (C=O) groups excluding carboxylic acids is 1. The molecule has 0 fully saturated rings. The molecule has 0 aliphatic carbocycles. The van der Waals surface area contributed by atoms with E-state index in [0.29, 0.717) is 18.5 Å². The lowest BCUT2D eigenvalue weighted by atomic mass is 10.0. The molecule has 0 aliphatic rings. The molecule has 0 heterocycles. The van der Waals surface area contributed by atoms with Crippen LogP contribution in [0.5, 0.6) is 0 Å². The molecule has 0 atom stereocenters. The summed E-state index contributed by atoms with van der Waals surface area (Å²) in [7, 11) is 0. The van der Waals surface area contributed by atoms with Gasteiger partial charge in [0.1, 0.15) is 6.54 Å². The normalized spacial score (nSPS) is 10.5. The molecular formula is C14H20N2O3. The molecule has 0 saturated heterocycles. The fourth-order valence-corrected chi connectivity index (χ4v) is 1.89. The van der Waals surface area contributed by atoms with Crippen LogP contribution < -0.4 is 5.73 Å². The van der Waals surface area contributed by atoms with Gasteiger partial charge < -0.3 is 15.7 Å². The van der Waals surface area contributed by atoms with Gasteiger partial charge in [-0.25, -0.2) is 0 Å². The van der Waals surface area contributed by atoms with Crippen molar-refractivity contribution in [1.29, 1.82) is 0 Å². The van der Waals surface area contributed by atoms with E-state index in [-0.39, 0.29) is 18.5 Å². The van der Waals surface area contributed by atoms with E-state index in [1.165, 1.54) is 4.90 Å². The van der Waals surface area contributed by atoms with Gasteiger partial charge in [-0.1, -0.05) is 18.2 Å². The molecule has 0 aliphatic heterocycles. The number of carboxylic acids is 1. The van der Waals surface area contributed by atoms with E-state index < -0.39 is 5.97 Å². The Morgan fingerprint density at radius 1 is 1.32 bits per heavy atom. The van der Waals surface area contributed by atoms with Crippen molar-refractivity contribution in [2.45, 2.75) is 26.3 Å². The molecule has 1 aromatic rings. The van der Waals surface area contributed by atoms with Gasteiger partial charge in [-0.2, -0.15) is 0 Å². The first kappa shape index (κ1) is 15.2. The van der Waals surface area contributed by atoms with Crippen molar-refractivity contribution >= 4 is 11.9 Å². The van der Waals surface area contributed by atoms with Gasteiger partial charge in [0.05, 0.1) is 0 Å². The van der Waals surface area contributed by atoms with Crippen molar-refractivity contribution in [2.24, 2.45) is 5.73 Å². The highest BCUT2D eigenvalue weighted by Gasteiger charge is 2.22. The number of rotatable bonds is 6. The molecule has 0 spiro atoms. The second kappa shape index (κ2) is 6.89. The van der Waals surface area contributed by atoms with Crippen LogP contribution in [0.25, 0.3) is 0 Å². The van der Waals surface area contributed by atoms with Crippen molar-refractivity contribution in [3.8, 4) is 0 Å². The molecule has 0 radical (unpaired) electrons. The predicted octanol–water partition coefficient (Wildman–Crippen LogP) is 1.12. The van der Waals surface area contributed by atoms with Crippen LogP contribution >= 0.6 is 0 Å². The highest BCUT2D eigenvalue weighted by Crippen LogP contribution is 2.14. The number of nitrogens with zero attached hydrogens (tertiary/aromatic N) is 1. The maximum absolute atomic E-state index is 12.4. The minimum absolute atomic E-state index is 0.172. The number of nitrogens with two attached hydrogens (primary N) is 1. The summed E-state index contributed by atoms with van der Waals surface area (Å²) in [4.78, 5) is 24.6. The molecule has 0 aromatic heterocycles. The summed E-state index contributed by atoms with van der Waals surface area (Å²) in [5.74, 6) is -1.28. The summed E-state index contributed by atoms with van der Waals surface area (Å²) in [5.41, 5.74) is 6.91. The predicted molar refractivity (Wildman–Crippen MR) is 73.0 cm³/mol. The zero-order chi connectivity index (χ0) is 14.4. The smallest absolute Gasteiger partial charge is 0.323 e. The van der Waals surface area contributed by atoms with Crippen LogP contribution in [0.4, 0.5) is 0 Å². The fourth-order valence-electron chi connectivity index (χ4n) is 1.89. The summed E-state index contributed by atoms with van der Waals surface area (Å²) >= 11 is 0. The minimum atomic E-state index is -1.02. The van der Waals surface area contributed by atoms with Gasteiger partial charge in [-0.3, -0.25) is 9.59 Å². The maximum atomic E-state index is 12.4. The van der Waals surface area contributed by atoms with Gasteiger partial charge in [0.25, 0.3) is 5.91 Å². The van der Waals surface area contributed by atoms with Crippen molar-refractivity contribution in [2.75, 3.05) is 13.1 Å². The Kier molecular flexibility index (Phi) is 5.51. The molecule has 1 aromatic carbocycles. The number of carboxylic acid groups (broad SMARTS) is 1. The second-order valence-electron chi connectivity index (χ2n) is 4.62. The second-order valence-corrected chi connectivity index (χ2v) is 4.62. The standard InChI is InChI=1S/C14H20N2O3/c1-10(2)16(9-13(17)18)14(19)12-6-4-3-5-11(12)7-8-15/h3-6,10H,7-9,15H2,1-2H3,(H,17,18). The van der Waals surface area contributed by atoms with Gasteiger partial charge in [-0.05, 0) is 38.4 Å². The summed E-state index contributed by atoms with van der Waals surface area (Å²) < 4.78 is 0. The summed E-state index contributed by atoms with van der Waals surface area (Å²) in [6.07, 6.45) is 0.598. The molecule has 19 heavy (non-hydrogen) atoms. The Bertz CT molecular complexity index is 458. The third-order valence-electron chi connectivity index (χ3n) is 2.85. The van der Waals surface area contributed by atoms with Crippen LogP contribution in [0, 0.1) is 0 Å². The molecule has 1 rings (SSSR count). The quantitative estimate of drug-likeness (QED) is 0.806. The Labute approximate surface area is 113 Å². The SMILES string of the molecule is CC(C)N(CC(=O)O)C(=O)c1ccccc1CCN. The Morgan fingerprint density at radius 3 is 2.47 bits per heavy atom. The van der Waals surface area contributed by atoms with Crippen LogP contribution in [0.3, 0.4) is 0 Å². The third kappa shape index (κ3) is 4.06. The van der Waals surface area contributed by atoms with E-state index in [1.807, 2.05) is 12.1 Å². The first-order chi connectivity index (χ1) is 8.97. The third-order valence-corrected chi connectivity index (χ3v) is 2.85. The van der Waals surface area contributed by atoms with Crippen LogP contribution in [-0.2, 0) is 11.2 Å². The van der Waals surface area contributed by atoms with Gasteiger partial charge >= 0.3 is 5.97 Å². The zero-order valence-electron chi connectivity index (χ0n) is 11.3. The van der Waals surface area contributed by atoms with E-state index in [2.05, 4.69) is 0 Å². The van der Waals surface area contributed by atoms with Gasteiger partial charge in [0.2, 0.25) is 0 Å². The first-order valence-corrected chi connectivity index (χ1v) is 6.28. The number of hydrogen-bond donors (Lipinski definition) is 2. The largest absolute Gasteiger partial charge is 0.480 e. The molecular weight excluding hydrogens is 244 g/mol. The molecule has 3 N–H and O–H groups in total. The minimum Gasteiger partial charge on any atom is -0.480 e. The summed E-state index contributed by atoms with van der Waals surface area (Å²) in [5, 5.41) is 8.89. The van der Waals surface area contributed by atoms with E-state index in [0.717, 1.165) is 5.56 Å². The number of benzene rings is 1. The molecule has 0 unspecified atom stereocenters. The number of amides is 1. The molecule has 1 amide bonds. The van der Waals surface area contributed by atoms with E-state index >= 15 is 0 Å². The average molecular weight is 264 g/mol. The monoisotopic (exact) mass is 264 g/mol. The highest BCUT2D eigenvalue weighted by molar-refractivity contribution is 5.97. The number of hydrogen-bond acceptors (Lipinski definition) is 3. The van der Waals surface area contributed by atoms with Crippen LogP contribution in [0.1, 0.15) is 29.8 Å². The van der Waals surface area contributed by atoms with Gasteiger partial charge in [0, 0.05) is 11.6 Å². The van der Waals surface area contributed by atoms with Gasteiger partial charge in [0.15, 0.2) is 0 Å². The van der Waals surface area contributed by atoms with Crippen molar-refractivity contribution in [3.05, 3.63) is 35.4 Å².